The zero-order chi connectivity index (χ0) is 17.0. The zero-order valence-corrected chi connectivity index (χ0v) is 14.5. The zero-order valence-electron chi connectivity index (χ0n) is 13.7. The summed E-state index contributed by atoms with van der Waals surface area (Å²) in [7, 11) is -0.614. The molecule has 0 aliphatic carbocycles. The molecule has 0 fully saturated rings. The molecule has 0 amide bonds. The van der Waals surface area contributed by atoms with Crippen LogP contribution < -0.4 is 14.2 Å². The standard InChI is InChI=1S/C17H21NO4S/c1-12-9-13(2)17(16(10-12)22-4)23(19,20)18-11-14-5-7-15(21-3)8-6-14/h5-10,18H,11H2,1-4H3. The number of sulfonamides is 1. The minimum atomic E-state index is -3.67. The number of rotatable bonds is 6. The van der Waals surface area contributed by atoms with Crippen molar-refractivity contribution in [2.24, 2.45) is 0 Å². The lowest BCUT2D eigenvalue weighted by Gasteiger charge is -2.14. The molecule has 23 heavy (non-hydrogen) atoms. The Hall–Kier alpha value is -2.05. The topological polar surface area (TPSA) is 64.6 Å². The van der Waals surface area contributed by atoms with E-state index in [9.17, 15) is 8.42 Å². The van der Waals surface area contributed by atoms with Crippen molar-refractivity contribution in [3.8, 4) is 11.5 Å². The van der Waals surface area contributed by atoms with Gasteiger partial charge in [-0.05, 0) is 48.7 Å². The second kappa shape index (κ2) is 7.02. The van der Waals surface area contributed by atoms with Gasteiger partial charge in [0.05, 0.1) is 14.2 Å². The van der Waals surface area contributed by atoms with E-state index in [1.54, 1.807) is 32.2 Å². The van der Waals surface area contributed by atoms with Gasteiger partial charge in [0, 0.05) is 6.54 Å². The number of aryl methyl sites for hydroxylation is 2. The predicted molar refractivity (Wildman–Crippen MR) is 89.5 cm³/mol. The van der Waals surface area contributed by atoms with E-state index in [2.05, 4.69) is 4.72 Å². The lowest BCUT2D eigenvalue weighted by atomic mass is 10.1. The number of hydrogen-bond donors (Lipinski definition) is 1. The highest BCUT2D eigenvalue weighted by atomic mass is 32.2. The Balaban J connectivity index is 2.25. The Kier molecular flexibility index (Phi) is 5.28. The van der Waals surface area contributed by atoms with Crippen LogP contribution in [0.15, 0.2) is 41.3 Å². The maximum atomic E-state index is 12.6. The van der Waals surface area contributed by atoms with Gasteiger partial charge >= 0.3 is 0 Å². The Morgan fingerprint density at radius 2 is 1.65 bits per heavy atom. The SMILES string of the molecule is COc1ccc(CNS(=O)(=O)c2c(C)cc(C)cc2OC)cc1. The minimum absolute atomic E-state index is 0.180. The number of methoxy groups -OCH3 is 2. The molecule has 0 bridgehead atoms. The molecular formula is C17H21NO4S. The fourth-order valence-corrected chi connectivity index (χ4v) is 3.80. The third-order valence-electron chi connectivity index (χ3n) is 3.50. The fraction of sp³-hybridized carbons (Fsp3) is 0.294. The van der Waals surface area contributed by atoms with E-state index in [0.717, 1.165) is 16.9 Å². The van der Waals surface area contributed by atoms with Gasteiger partial charge in [0.25, 0.3) is 0 Å². The normalized spacial score (nSPS) is 11.3. The van der Waals surface area contributed by atoms with Crippen molar-refractivity contribution in [3.63, 3.8) is 0 Å². The van der Waals surface area contributed by atoms with Gasteiger partial charge in [0.1, 0.15) is 16.4 Å². The van der Waals surface area contributed by atoms with E-state index in [1.165, 1.54) is 7.11 Å². The summed E-state index contributed by atoms with van der Waals surface area (Å²) in [4.78, 5) is 0.180. The molecule has 2 rings (SSSR count). The first-order valence-corrected chi connectivity index (χ1v) is 8.63. The van der Waals surface area contributed by atoms with Crippen LogP contribution in [-0.2, 0) is 16.6 Å². The average Bonchev–Trinajstić information content (AvgIpc) is 2.52. The van der Waals surface area contributed by atoms with E-state index in [0.29, 0.717) is 11.3 Å². The fourth-order valence-electron chi connectivity index (χ4n) is 2.41. The van der Waals surface area contributed by atoms with E-state index < -0.39 is 10.0 Å². The molecule has 0 atom stereocenters. The molecule has 5 nitrogen and oxygen atoms in total. The van der Waals surface area contributed by atoms with E-state index in [4.69, 9.17) is 9.47 Å². The highest BCUT2D eigenvalue weighted by molar-refractivity contribution is 7.89. The van der Waals surface area contributed by atoms with Gasteiger partial charge in [-0.25, -0.2) is 13.1 Å². The minimum Gasteiger partial charge on any atom is -0.497 e. The third-order valence-corrected chi connectivity index (χ3v) is 5.08. The summed E-state index contributed by atoms with van der Waals surface area (Å²) < 4.78 is 38.2. The maximum Gasteiger partial charge on any atom is 0.244 e. The van der Waals surface area contributed by atoms with Gasteiger partial charge in [0.2, 0.25) is 10.0 Å². The average molecular weight is 335 g/mol. The summed E-state index contributed by atoms with van der Waals surface area (Å²) >= 11 is 0. The molecule has 0 aliphatic heterocycles. The van der Waals surface area contributed by atoms with Crippen molar-refractivity contribution in [1.29, 1.82) is 0 Å². The molecule has 0 radical (unpaired) electrons. The van der Waals surface area contributed by atoms with Crippen molar-refractivity contribution in [3.05, 3.63) is 53.1 Å². The predicted octanol–water partition coefficient (Wildman–Crippen LogP) is 2.80. The molecule has 2 aromatic carbocycles. The summed E-state index contributed by atoms with van der Waals surface area (Å²) in [6.45, 7) is 3.86. The third kappa shape index (κ3) is 4.03. The molecule has 6 heteroatoms. The Morgan fingerprint density at radius 3 is 2.22 bits per heavy atom. The molecule has 0 saturated heterocycles. The van der Waals surface area contributed by atoms with Gasteiger partial charge in [-0.1, -0.05) is 18.2 Å². The first kappa shape index (κ1) is 17.3. The molecule has 0 spiro atoms. The Bertz CT molecular complexity index is 783. The van der Waals surface area contributed by atoms with E-state index in [1.807, 2.05) is 25.1 Å². The van der Waals surface area contributed by atoms with E-state index in [-0.39, 0.29) is 11.4 Å². The molecule has 0 aliphatic rings. The van der Waals surface area contributed by atoms with Gasteiger partial charge in [0.15, 0.2) is 0 Å². The lowest BCUT2D eigenvalue weighted by molar-refractivity contribution is 0.401. The molecule has 0 aromatic heterocycles. The molecule has 1 N–H and O–H groups in total. The summed E-state index contributed by atoms with van der Waals surface area (Å²) in [6, 6.07) is 10.8. The molecule has 0 saturated carbocycles. The summed E-state index contributed by atoms with van der Waals surface area (Å²) in [5, 5.41) is 0. The molecule has 2 aromatic rings. The van der Waals surface area contributed by atoms with Gasteiger partial charge in [-0.15, -0.1) is 0 Å². The number of hydrogen-bond acceptors (Lipinski definition) is 4. The van der Waals surface area contributed by atoms with Crippen molar-refractivity contribution in [2.45, 2.75) is 25.3 Å². The molecule has 0 heterocycles. The van der Waals surface area contributed by atoms with E-state index >= 15 is 0 Å². The van der Waals surface area contributed by atoms with Gasteiger partial charge in [-0.3, -0.25) is 0 Å². The van der Waals surface area contributed by atoms with Crippen molar-refractivity contribution >= 4 is 10.0 Å². The largest absolute Gasteiger partial charge is 0.497 e. The van der Waals surface area contributed by atoms with Crippen LogP contribution in [0.2, 0.25) is 0 Å². The summed E-state index contributed by atoms with van der Waals surface area (Å²) in [5.74, 6) is 1.08. The van der Waals surface area contributed by atoms with Crippen LogP contribution in [-0.4, -0.2) is 22.6 Å². The number of nitrogens with one attached hydrogen (secondary N) is 1. The second-order valence-electron chi connectivity index (χ2n) is 5.29. The monoisotopic (exact) mass is 335 g/mol. The Morgan fingerprint density at radius 1 is 1.00 bits per heavy atom. The first-order chi connectivity index (χ1) is 10.9. The smallest absolute Gasteiger partial charge is 0.244 e. The number of ether oxygens (including phenoxy) is 2. The summed E-state index contributed by atoms with van der Waals surface area (Å²) in [6.07, 6.45) is 0. The van der Waals surface area contributed by atoms with Crippen molar-refractivity contribution in [1.82, 2.24) is 4.72 Å². The lowest BCUT2D eigenvalue weighted by Crippen LogP contribution is -2.24. The van der Waals surface area contributed by atoms with Crippen LogP contribution in [0.4, 0.5) is 0 Å². The molecule has 0 unspecified atom stereocenters. The second-order valence-corrected chi connectivity index (χ2v) is 6.99. The van der Waals surface area contributed by atoms with Crippen molar-refractivity contribution < 1.29 is 17.9 Å². The maximum absolute atomic E-state index is 12.6. The van der Waals surface area contributed by atoms with Crippen LogP contribution >= 0.6 is 0 Å². The number of benzene rings is 2. The highest BCUT2D eigenvalue weighted by Gasteiger charge is 2.22. The van der Waals surface area contributed by atoms with Gasteiger partial charge < -0.3 is 9.47 Å². The Labute approximate surface area is 137 Å². The van der Waals surface area contributed by atoms with Crippen LogP contribution in [0, 0.1) is 13.8 Å². The highest BCUT2D eigenvalue weighted by Crippen LogP contribution is 2.28. The van der Waals surface area contributed by atoms with Gasteiger partial charge in [-0.2, -0.15) is 0 Å². The molecule has 124 valence electrons. The first-order valence-electron chi connectivity index (χ1n) is 7.15. The van der Waals surface area contributed by atoms with Crippen LogP contribution in [0.1, 0.15) is 16.7 Å². The quantitative estimate of drug-likeness (QED) is 0.882. The van der Waals surface area contributed by atoms with Crippen molar-refractivity contribution in [2.75, 3.05) is 14.2 Å². The van der Waals surface area contributed by atoms with Crippen LogP contribution in [0.5, 0.6) is 11.5 Å². The summed E-state index contributed by atoms with van der Waals surface area (Å²) in [5.41, 5.74) is 2.45. The molecular weight excluding hydrogens is 314 g/mol. The van der Waals surface area contributed by atoms with Crippen LogP contribution in [0.3, 0.4) is 0 Å². The van der Waals surface area contributed by atoms with Crippen LogP contribution in [0.25, 0.3) is 0 Å².